The van der Waals surface area contributed by atoms with Crippen molar-refractivity contribution in [2.24, 2.45) is 0 Å². The summed E-state index contributed by atoms with van der Waals surface area (Å²) in [6.45, 7) is 0.534. The summed E-state index contributed by atoms with van der Waals surface area (Å²) in [7, 11) is 0. The Morgan fingerprint density at radius 1 is 0.889 bits per heavy atom. The molecule has 0 aliphatic rings. The molecule has 0 saturated heterocycles. The molecule has 0 amide bonds. The molecule has 0 aliphatic carbocycles. The van der Waals surface area contributed by atoms with Crippen LogP contribution in [0, 0.1) is 6.42 Å². The Morgan fingerprint density at radius 3 is 2.22 bits per heavy atom. The van der Waals surface area contributed by atoms with E-state index in [0.717, 1.165) is 25.7 Å². The third-order valence-corrected chi connectivity index (χ3v) is 1.15. The fourth-order valence-electron chi connectivity index (χ4n) is 0.636. The highest BCUT2D eigenvalue weighted by Crippen LogP contribution is 1.99. The highest BCUT2D eigenvalue weighted by molar-refractivity contribution is 4.62. The highest BCUT2D eigenvalue weighted by atomic mass is 16.3. The minimum absolute atomic E-state index is 0.249. The fourth-order valence-corrected chi connectivity index (χ4v) is 0.636. The molecule has 0 atom stereocenters. The van der Waals surface area contributed by atoms with Crippen molar-refractivity contribution < 1.29 is 10.2 Å². The van der Waals surface area contributed by atoms with Crippen LogP contribution >= 0.6 is 0 Å². The summed E-state index contributed by atoms with van der Waals surface area (Å²) in [4.78, 5) is 0. The summed E-state index contributed by atoms with van der Waals surface area (Å²) in [5.41, 5.74) is 0. The predicted molar refractivity (Wildman–Crippen MR) is 36.9 cm³/mol. The van der Waals surface area contributed by atoms with E-state index in [9.17, 15) is 0 Å². The molecule has 0 aromatic carbocycles. The summed E-state index contributed by atoms with van der Waals surface area (Å²) in [6, 6.07) is 0. The van der Waals surface area contributed by atoms with Gasteiger partial charge < -0.3 is 10.2 Å². The van der Waals surface area contributed by atoms with Crippen molar-refractivity contribution in [1.82, 2.24) is 0 Å². The van der Waals surface area contributed by atoms with E-state index in [4.69, 9.17) is 10.2 Å². The quantitative estimate of drug-likeness (QED) is 0.522. The molecule has 0 heterocycles. The van der Waals surface area contributed by atoms with Crippen LogP contribution in [0.2, 0.25) is 0 Å². The zero-order chi connectivity index (χ0) is 6.95. The van der Waals surface area contributed by atoms with Gasteiger partial charge in [0.05, 0.1) is 0 Å². The first-order valence-corrected chi connectivity index (χ1v) is 3.45. The van der Waals surface area contributed by atoms with Gasteiger partial charge in [0.15, 0.2) is 0 Å². The van der Waals surface area contributed by atoms with Crippen molar-refractivity contribution >= 4 is 0 Å². The number of aliphatic hydroxyl groups is 2. The van der Waals surface area contributed by atoms with Gasteiger partial charge in [-0.2, -0.15) is 0 Å². The molecule has 1 radical (unpaired) electrons. The van der Waals surface area contributed by atoms with E-state index in [-0.39, 0.29) is 13.2 Å². The molecule has 0 spiro atoms. The lowest BCUT2D eigenvalue weighted by molar-refractivity contribution is 0.281. The molecule has 0 aromatic heterocycles. The zero-order valence-electron chi connectivity index (χ0n) is 5.71. The molecule has 0 aromatic rings. The van der Waals surface area contributed by atoms with E-state index in [0.29, 0.717) is 0 Å². The van der Waals surface area contributed by atoms with Gasteiger partial charge in [-0.3, -0.25) is 0 Å². The first-order valence-electron chi connectivity index (χ1n) is 3.45. The lowest BCUT2D eigenvalue weighted by atomic mass is 10.2. The van der Waals surface area contributed by atoms with Crippen LogP contribution in [0.15, 0.2) is 0 Å². The molecular weight excluding hydrogens is 116 g/mol. The van der Waals surface area contributed by atoms with Crippen LogP contribution in [0.4, 0.5) is 0 Å². The van der Waals surface area contributed by atoms with Crippen LogP contribution in [0.5, 0.6) is 0 Å². The Hall–Kier alpha value is -0.0800. The maximum Gasteiger partial charge on any atom is 0.0433 e. The van der Waals surface area contributed by atoms with Gasteiger partial charge in [0, 0.05) is 13.2 Å². The third-order valence-electron chi connectivity index (χ3n) is 1.15. The molecule has 0 bridgehead atoms. The van der Waals surface area contributed by atoms with Crippen molar-refractivity contribution in [2.45, 2.75) is 25.7 Å². The smallest absolute Gasteiger partial charge is 0.0433 e. The zero-order valence-corrected chi connectivity index (χ0v) is 5.71. The van der Waals surface area contributed by atoms with Crippen molar-refractivity contribution in [3.63, 3.8) is 0 Å². The Bertz CT molecular complexity index is 40.2. The van der Waals surface area contributed by atoms with Gasteiger partial charge in [-0.15, -0.1) is 0 Å². The van der Waals surface area contributed by atoms with Crippen LogP contribution in [0.25, 0.3) is 0 Å². The SMILES string of the molecule is OCC[CH]CCCCO. The molecule has 2 heteroatoms. The van der Waals surface area contributed by atoms with Gasteiger partial charge in [0.1, 0.15) is 0 Å². The molecule has 55 valence electrons. The molecule has 0 aliphatic heterocycles. The normalized spacial score (nSPS) is 10.0. The first-order chi connectivity index (χ1) is 4.41. The summed E-state index contributed by atoms with van der Waals surface area (Å²) in [5.74, 6) is 0. The average Bonchev–Trinajstić information content (AvgIpc) is 1.89. The molecule has 0 unspecified atom stereocenters. The molecule has 2 nitrogen and oxygen atoms in total. The average molecular weight is 131 g/mol. The summed E-state index contributed by atoms with van der Waals surface area (Å²) in [5, 5.41) is 16.7. The van der Waals surface area contributed by atoms with Crippen molar-refractivity contribution in [3.8, 4) is 0 Å². The Balaban J connectivity index is 2.60. The second-order valence-electron chi connectivity index (χ2n) is 2.02. The summed E-state index contributed by atoms with van der Waals surface area (Å²) >= 11 is 0. The van der Waals surface area contributed by atoms with E-state index in [2.05, 4.69) is 6.42 Å². The van der Waals surface area contributed by atoms with Crippen LogP contribution in [-0.2, 0) is 0 Å². The van der Waals surface area contributed by atoms with E-state index >= 15 is 0 Å². The second kappa shape index (κ2) is 7.92. The van der Waals surface area contributed by atoms with Gasteiger partial charge in [-0.25, -0.2) is 0 Å². The van der Waals surface area contributed by atoms with E-state index in [1.807, 2.05) is 0 Å². The predicted octanol–water partition coefficient (Wildman–Crippen LogP) is 0.736. The van der Waals surface area contributed by atoms with Gasteiger partial charge in [0.2, 0.25) is 0 Å². The van der Waals surface area contributed by atoms with E-state index < -0.39 is 0 Å². The first kappa shape index (κ1) is 8.92. The Kier molecular flexibility index (Phi) is 7.85. The maximum absolute atomic E-state index is 8.36. The Labute approximate surface area is 56.5 Å². The molecular formula is C7H15O2. The summed E-state index contributed by atoms with van der Waals surface area (Å²) in [6.07, 6.45) is 5.76. The van der Waals surface area contributed by atoms with Gasteiger partial charge >= 0.3 is 0 Å². The Morgan fingerprint density at radius 2 is 1.67 bits per heavy atom. The van der Waals surface area contributed by atoms with E-state index in [1.54, 1.807) is 0 Å². The van der Waals surface area contributed by atoms with E-state index in [1.165, 1.54) is 0 Å². The van der Waals surface area contributed by atoms with Crippen molar-refractivity contribution in [3.05, 3.63) is 6.42 Å². The molecule has 0 rings (SSSR count). The van der Waals surface area contributed by atoms with Gasteiger partial charge in [-0.05, 0) is 19.3 Å². The molecule has 2 N–H and O–H groups in total. The molecule has 0 fully saturated rings. The monoisotopic (exact) mass is 131 g/mol. The largest absolute Gasteiger partial charge is 0.396 e. The van der Waals surface area contributed by atoms with Crippen LogP contribution in [0.3, 0.4) is 0 Å². The minimum Gasteiger partial charge on any atom is -0.396 e. The minimum atomic E-state index is 0.249. The molecule has 9 heavy (non-hydrogen) atoms. The number of unbranched alkanes of at least 4 members (excludes halogenated alkanes) is 4. The topological polar surface area (TPSA) is 40.5 Å². The number of rotatable bonds is 6. The summed E-state index contributed by atoms with van der Waals surface area (Å²) < 4.78 is 0. The second-order valence-corrected chi connectivity index (χ2v) is 2.02. The van der Waals surface area contributed by atoms with Crippen LogP contribution < -0.4 is 0 Å². The van der Waals surface area contributed by atoms with Crippen molar-refractivity contribution in [2.75, 3.05) is 13.2 Å². The van der Waals surface area contributed by atoms with Crippen LogP contribution in [0.1, 0.15) is 25.7 Å². The highest BCUT2D eigenvalue weighted by Gasteiger charge is 1.87. The lowest BCUT2D eigenvalue weighted by Crippen LogP contribution is -1.86. The third kappa shape index (κ3) is 7.92. The maximum atomic E-state index is 8.36. The fraction of sp³-hybridized carbons (Fsp3) is 0.857. The van der Waals surface area contributed by atoms with Crippen molar-refractivity contribution in [1.29, 1.82) is 0 Å². The number of hydrogen-bond acceptors (Lipinski definition) is 2. The number of aliphatic hydroxyl groups excluding tert-OH is 2. The van der Waals surface area contributed by atoms with Gasteiger partial charge in [0.25, 0.3) is 0 Å². The van der Waals surface area contributed by atoms with Crippen LogP contribution in [-0.4, -0.2) is 23.4 Å². The standard InChI is InChI=1S/C7H15O2/c8-6-4-2-1-3-5-7-9/h2,8-9H,1,3-7H2. The number of hydrogen-bond donors (Lipinski definition) is 2. The van der Waals surface area contributed by atoms with Gasteiger partial charge in [-0.1, -0.05) is 12.8 Å². The lowest BCUT2D eigenvalue weighted by Gasteiger charge is -1.95. The molecule has 0 saturated carbocycles.